The molecule has 0 bridgehead atoms. The number of alkyl halides is 1. The average molecular weight is 453 g/mol. The van der Waals surface area contributed by atoms with Gasteiger partial charge in [0, 0.05) is 37.8 Å². The Balaban J connectivity index is 1.53. The highest BCUT2D eigenvalue weighted by Gasteiger charge is 2.31. The quantitative estimate of drug-likeness (QED) is 0.559. The summed E-state index contributed by atoms with van der Waals surface area (Å²) in [4.78, 5) is 16.1. The molecule has 3 atom stereocenters. The van der Waals surface area contributed by atoms with Crippen molar-refractivity contribution >= 4 is 33.3 Å². The monoisotopic (exact) mass is 452 g/mol. The van der Waals surface area contributed by atoms with Crippen LogP contribution in [0.25, 0.3) is 0 Å². The van der Waals surface area contributed by atoms with E-state index in [-0.39, 0.29) is 22.4 Å². The van der Waals surface area contributed by atoms with Crippen LogP contribution in [0, 0.1) is 0 Å². The van der Waals surface area contributed by atoms with Gasteiger partial charge < -0.3 is 15.4 Å². The number of carbonyl (C=O) groups is 1. The Kier molecular flexibility index (Phi) is 7.65. The molecule has 1 aromatic carbocycles. The van der Waals surface area contributed by atoms with Gasteiger partial charge in [0.15, 0.2) is 0 Å². The fourth-order valence-electron chi connectivity index (χ4n) is 3.33. The lowest BCUT2D eigenvalue weighted by Crippen LogP contribution is -2.43. The minimum absolute atomic E-state index is 0.0536. The van der Waals surface area contributed by atoms with Crippen LogP contribution in [0.3, 0.4) is 0 Å². The van der Waals surface area contributed by atoms with Gasteiger partial charge in [-0.1, -0.05) is 6.07 Å². The molecule has 162 valence electrons. The smallest absolute Gasteiger partial charge is 0.319 e. The normalized spacial score (nSPS) is 21.7. The molecule has 1 aromatic heterocycles. The number of methoxy groups -OCH3 is 1. The first-order chi connectivity index (χ1) is 14.4. The number of ether oxygens (including phenoxy) is 1. The van der Waals surface area contributed by atoms with Gasteiger partial charge in [-0.15, -0.1) is 11.6 Å². The zero-order chi connectivity index (χ0) is 21.6. The number of pyridine rings is 1. The molecule has 3 rings (SSSR count). The lowest BCUT2D eigenvalue weighted by atomic mass is 9.93. The minimum Gasteiger partial charge on any atom is -0.380 e. The largest absolute Gasteiger partial charge is 0.380 e. The number of aromatic nitrogens is 1. The Labute approximate surface area is 181 Å². The molecule has 1 heterocycles. The van der Waals surface area contributed by atoms with E-state index in [0.29, 0.717) is 31.5 Å². The SMILES string of the molecule is COC1CCC(NS(=O)(=O)c2ccc(NC(=O)NCc3cccnc3)cc2)CC1Cl. The summed E-state index contributed by atoms with van der Waals surface area (Å²) in [7, 11) is -2.07. The number of nitrogens with one attached hydrogen (secondary N) is 3. The molecule has 2 aromatic rings. The van der Waals surface area contributed by atoms with Crippen LogP contribution in [0.15, 0.2) is 53.7 Å². The van der Waals surface area contributed by atoms with Crippen LogP contribution in [0.2, 0.25) is 0 Å². The maximum absolute atomic E-state index is 12.7. The zero-order valence-corrected chi connectivity index (χ0v) is 18.1. The van der Waals surface area contributed by atoms with Gasteiger partial charge in [-0.25, -0.2) is 17.9 Å². The number of carbonyl (C=O) groups excluding carboxylic acids is 1. The molecule has 2 amide bonds. The standard InChI is InChI=1S/C20H25ClN4O4S/c1-29-19-9-6-16(11-18(19)21)25-30(27,28)17-7-4-15(5-8-17)24-20(26)23-13-14-3-2-10-22-12-14/h2-5,7-8,10,12,16,18-19,25H,6,9,11,13H2,1H3,(H2,23,24,26). The molecule has 0 saturated heterocycles. The molecule has 3 N–H and O–H groups in total. The van der Waals surface area contributed by atoms with E-state index in [1.165, 1.54) is 12.1 Å². The van der Waals surface area contributed by atoms with E-state index in [1.807, 2.05) is 6.07 Å². The number of sulfonamides is 1. The number of nitrogens with zero attached hydrogens (tertiary/aromatic N) is 1. The number of benzene rings is 1. The summed E-state index contributed by atoms with van der Waals surface area (Å²) in [6.07, 6.45) is 5.15. The number of anilines is 1. The van der Waals surface area contributed by atoms with Crippen molar-refractivity contribution in [2.45, 2.75) is 48.2 Å². The van der Waals surface area contributed by atoms with E-state index >= 15 is 0 Å². The molecular weight excluding hydrogens is 428 g/mol. The van der Waals surface area contributed by atoms with Gasteiger partial charge in [0.2, 0.25) is 10.0 Å². The van der Waals surface area contributed by atoms with Gasteiger partial charge in [0.1, 0.15) is 0 Å². The Bertz CT molecular complexity index is 941. The molecule has 30 heavy (non-hydrogen) atoms. The van der Waals surface area contributed by atoms with Gasteiger partial charge in [-0.3, -0.25) is 4.98 Å². The van der Waals surface area contributed by atoms with Crippen molar-refractivity contribution in [3.05, 3.63) is 54.4 Å². The Hall–Kier alpha value is -2.20. The lowest BCUT2D eigenvalue weighted by Gasteiger charge is -2.32. The molecule has 1 fully saturated rings. The Morgan fingerprint density at radius 2 is 2.00 bits per heavy atom. The number of halogens is 1. The molecule has 8 nitrogen and oxygen atoms in total. The highest BCUT2D eigenvalue weighted by Crippen LogP contribution is 2.27. The third-order valence-electron chi connectivity index (χ3n) is 4.94. The second-order valence-electron chi connectivity index (χ2n) is 7.11. The van der Waals surface area contributed by atoms with E-state index in [2.05, 4.69) is 20.3 Å². The molecule has 3 unspecified atom stereocenters. The molecule has 1 aliphatic carbocycles. The molecule has 0 radical (unpaired) electrons. The van der Waals surface area contributed by atoms with Crippen molar-refractivity contribution in [2.24, 2.45) is 0 Å². The first-order valence-corrected chi connectivity index (χ1v) is 11.5. The second kappa shape index (κ2) is 10.2. The van der Waals surface area contributed by atoms with Crippen molar-refractivity contribution in [2.75, 3.05) is 12.4 Å². The summed E-state index contributed by atoms with van der Waals surface area (Å²) in [6, 6.07) is 9.02. The van der Waals surface area contributed by atoms with Crippen LogP contribution in [0.5, 0.6) is 0 Å². The maximum Gasteiger partial charge on any atom is 0.319 e. The number of rotatable bonds is 7. The van der Waals surface area contributed by atoms with Gasteiger partial charge in [-0.05, 0) is 55.2 Å². The van der Waals surface area contributed by atoms with E-state index in [9.17, 15) is 13.2 Å². The van der Waals surface area contributed by atoms with Crippen LogP contribution < -0.4 is 15.4 Å². The molecular formula is C20H25ClN4O4S. The first-order valence-electron chi connectivity index (χ1n) is 9.60. The topological polar surface area (TPSA) is 109 Å². The van der Waals surface area contributed by atoms with E-state index in [4.69, 9.17) is 16.3 Å². The predicted octanol–water partition coefficient (Wildman–Crippen LogP) is 2.86. The number of amides is 2. The third-order valence-corrected chi connectivity index (χ3v) is 6.93. The summed E-state index contributed by atoms with van der Waals surface area (Å²) in [6.45, 7) is 0.336. The number of hydrogen-bond donors (Lipinski definition) is 3. The molecule has 10 heteroatoms. The van der Waals surface area contributed by atoms with Gasteiger partial charge in [0.25, 0.3) is 0 Å². The van der Waals surface area contributed by atoms with E-state index in [1.54, 1.807) is 37.7 Å². The van der Waals surface area contributed by atoms with Crippen LogP contribution in [0.1, 0.15) is 24.8 Å². The predicted molar refractivity (Wildman–Crippen MR) is 115 cm³/mol. The van der Waals surface area contributed by atoms with Crippen molar-refractivity contribution in [1.29, 1.82) is 0 Å². The Morgan fingerprint density at radius 1 is 1.23 bits per heavy atom. The van der Waals surface area contributed by atoms with Crippen molar-refractivity contribution < 1.29 is 17.9 Å². The summed E-state index contributed by atoms with van der Waals surface area (Å²) >= 11 is 6.28. The third kappa shape index (κ3) is 6.15. The molecule has 0 aliphatic heterocycles. The summed E-state index contributed by atoms with van der Waals surface area (Å²) in [5.74, 6) is 0. The van der Waals surface area contributed by atoms with Gasteiger partial charge >= 0.3 is 6.03 Å². The second-order valence-corrected chi connectivity index (χ2v) is 9.39. The first kappa shape index (κ1) is 22.5. The number of urea groups is 1. The van der Waals surface area contributed by atoms with Crippen molar-refractivity contribution in [1.82, 2.24) is 15.0 Å². The fraction of sp³-hybridized carbons (Fsp3) is 0.400. The van der Waals surface area contributed by atoms with Crippen LogP contribution in [0.4, 0.5) is 10.5 Å². The van der Waals surface area contributed by atoms with Crippen molar-refractivity contribution in [3.63, 3.8) is 0 Å². The lowest BCUT2D eigenvalue weighted by molar-refractivity contribution is 0.0684. The highest BCUT2D eigenvalue weighted by molar-refractivity contribution is 7.89. The van der Waals surface area contributed by atoms with Crippen molar-refractivity contribution in [3.8, 4) is 0 Å². The zero-order valence-electron chi connectivity index (χ0n) is 16.5. The van der Waals surface area contributed by atoms with Gasteiger partial charge in [-0.2, -0.15) is 0 Å². The highest BCUT2D eigenvalue weighted by atomic mass is 35.5. The van der Waals surface area contributed by atoms with E-state index in [0.717, 1.165) is 5.56 Å². The minimum atomic E-state index is -3.68. The summed E-state index contributed by atoms with van der Waals surface area (Å²) < 4.78 is 33.3. The van der Waals surface area contributed by atoms with E-state index < -0.39 is 16.1 Å². The summed E-state index contributed by atoms with van der Waals surface area (Å²) in [5.41, 5.74) is 1.36. The van der Waals surface area contributed by atoms with Crippen LogP contribution in [-0.2, 0) is 21.3 Å². The van der Waals surface area contributed by atoms with Gasteiger partial charge in [0.05, 0.1) is 16.4 Å². The molecule has 0 spiro atoms. The molecule has 1 aliphatic rings. The fourth-order valence-corrected chi connectivity index (χ4v) is 5.05. The van der Waals surface area contributed by atoms with Crippen LogP contribution in [-0.4, -0.2) is 44.1 Å². The Morgan fingerprint density at radius 3 is 2.63 bits per heavy atom. The summed E-state index contributed by atoms with van der Waals surface area (Å²) in [5, 5.41) is 5.16. The average Bonchev–Trinajstić information content (AvgIpc) is 2.73. The van der Waals surface area contributed by atoms with Crippen LogP contribution >= 0.6 is 11.6 Å². The molecule has 1 saturated carbocycles. The number of hydrogen-bond acceptors (Lipinski definition) is 5. The maximum atomic E-state index is 12.7.